The predicted octanol–water partition coefficient (Wildman–Crippen LogP) is 3.11. The third-order valence-electron chi connectivity index (χ3n) is 5.55. The molecule has 3 N–H and O–H groups in total. The molecule has 28 heavy (non-hydrogen) atoms. The van der Waals surface area contributed by atoms with Crippen molar-refractivity contribution in [2.45, 2.75) is 38.8 Å². The normalized spacial score (nSPS) is 20.9. The van der Waals surface area contributed by atoms with Gasteiger partial charge in [0.2, 0.25) is 11.8 Å². The maximum Gasteiger partial charge on any atom is 0.228 e. The van der Waals surface area contributed by atoms with Gasteiger partial charge in [-0.15, -0.1) is 0 Å². The summed E-state index contributed by atoms with van der Waals surface area (Å²) in [5, 5.41) is 9.41. The summed E-state index contributed by atoms with van der Waals surface area (Å²) < 4.78 is 0. The van der Waals surface area contributed by atoms with Crippen molar-refractivity contribution in [3.8, 4) is 0 Å². The van der Waals surface area contributed by atoms with Crippen LogP contribution < -0.4 is 16.0 Å². The Labute approximate surface area is 166 Å². The molecule has 1 saturated heterocycles. The Morgan fingerprint density at radius 3 is 1.96 bits per heavy atom. The number of hydrogen-bond donors (Lipinski definition) is 3. The molecule has 0 bridgehead atoms. The highest BCUT2D eigenvalue weighted by atomic mass is 16.2. The van der Waals surface area contributed by atoms with E-state index in [1.807, 2.05) is 74.5 Å². The SMILES string of the molecule is CC(NC(=O)CC1(C(=O)NC(C)c2ccccc2)CCNC1)c1ccccc1. The molecule has 0 aliphatic carbocycles. The van der Waals surface area contributed by atoms with Gasteiger partial charge in [0, 0.05) is 13.0 Å². The van der Waals surface area contributed by atoms with E-state index in [0.717, 1.165) is 17.7 Å². The van der Waals surface area contributed by atoms with E-state index in [2.05, 4.69) is 16.0 Å². The Bertz CT molecular complexity index is 786. The molecule has 1 heterocycles. The van der Waals surface area contributed by atoms with Crippen LogP contribution in [0.1, 0.15) is 49.9 Å². The van der Waals surface area contributed by atoms with Crippen LogP contribution in [0.4, 0.5) is 0 Å². The van der Waals surface area contributed by atoms with Crippen LogP contribution in [0.5, 0.6) is 0 Å². The minimum Gasteiger partial charge on any atom is -0.350 e. The van der Waals surface area contributed by atoms with Crippen LogP contribution in [0.15, 0.2) is 60.7 Å². The van der Waals surface area contributed by atoms with Crippen LogP contribution in [0.3, 0.4) is 0 Å². The summed E-state index contributed by atoms with van der Waals surface area (Å²) in [7, 11) is 0. The van der Waals surface area contributed by atoms with E-state index < -0.39 is 5.41 Å². The zero-order chi connectivity index (χ0) is 20.0. The van der Waals surface area contributed by atoms with Crippen LogP contribution in [-0.4, -0.2) is 24.9 Å². The molecule has 2 aromatic rings. The summed E-state index contributed by atoms with van der Waals surface area (Å²) >= 11 is 0. The molecular weight excluding hydrogens is 350 g/mol. The molecule has 3 unspecified atom stereocenters. The third-order valence-corrected chi connectivity index (χ3v) is 5.55. The highest BCUT2D eigenvalue weighted by molar-refractivity contribution is 5.90. The van der Waals surface area contributed by atoms with E-state index in [1.54, 1.807) is 0 Å². The van der Waals surface area contributed by atoms with Gasteiger partial charge in [0.1, 0.15) is 0 Å². The number of rotatable bonds is 7. The van der Waals surface area contributed by atoms with Crippen molar-refractivity contribution >= 4 is 11.8 Å². The Morgan fingerprint density at radius 1 is 0.929 bits per heavy atom. The average molecular weight is 380 g/mol. The molecule has 2 aromatic carbocycles. The fourth-order valence-electron chi connectivity index (χ4n) is 3.77. The van der Waals surface area contributed by atoms with Crippen LogP contribution in [0.2, 0.25) is 0 Å². The average Bonchev–Trinajstić information content (AvgIpc) is 3.18. The summed E-state index contributed by atoms with van der Waals surface area (Å²) in [6.45, 7) is 5.20. The second-order valence-electron chi connectivity index (χ2n) is 7.69. The minimum absolute atomic E-state index is 0.0589. The topological polar surface area (TPSA) is 70.2 Å². The number of amides is 2. The van der Waals surface area contributed by atoms with Gasteiger partial charge in [-0.25, -0.2) is 0 Å². The zero-order valence-corrected chi connectivity index (χ0v) is 16.6. The predicted molar refractivity (Wildman–Crippen MR) is 111 cm³/mol. The first-order valence-corrected chi connectivity index (χ1v) is 9.91. The van der Waals surface area contributed by atoms with Crippen molar-refractivity contribution in [3.63, 3.8) is 0 Å². The summed E-state index contributed by atoms with van der Waals surface area (Å²) in [6.07, 6.45) is 0.845. The lowest BCUT2D eigenvalue weighted by atomic mass is 9.81. The van der Waals surface area contributed by atoms with Crippen LogP contribution in [0, 0.1) is 5.41 Å². The molecule has 2 amide bonds. The van der Waals surface area contributed by atoms with Gasteiger partial charge >= 0.3 is 0 Å². The van der Waals surface area contributed by atoms with Crippen LogP contribution in [-0.2, 0) is 9.59 Å². The maximum absolute atomic E-state index is 13.1. The van der Waals surface area contributed by atoms with Gasteiger partial charge in [-0.3, -0.25) is 9.59 Å². The molecule has 1 aliphatic rings. The molecular formula is C23H29N3O2. The van der Waals surface area contributed by atoms with Gasteiger partial charge in [-0.2, -0.15) is 0 Å². The van der Waals surface area contributed by atoms with E-state index in [1.165, 1.54) is 0 Å². The lowest BCUT2D eigenvalue weighted by molar-refractivity contribution is -0.136. The van der Waals surface area contributed by atoms with Crippen LogP contribution >= 0.6 is 0 Å². The fraction of sp³-hybridized carbons (Fsp3) is 0.391. The standard InChI is InChI=1S/C23H29N3O2/c1-17(19-9-5-3-6-10-19)25-21(27)15-23(13-14-24-16-23)22(28)26-18(2)20-11-7-4-8-12-20/h3-12,17-18,24H,13-16H2,1-2H3,(H,25,27)(H,26,28). The number of hydrogen-bond acceptors (Lipinski definition) is 3. The molecule has 5 nitrogen and oxygen atoms in total. The molecule has 1 aliphatic heterocycles. The Hall–Kier alpha value is -2.66. The van der Waals surface area contributed by atoms with E-state index in [-0.39, 0.29) is 30.3 Å². The quantitative estimate of drug-likeness (QED) is 0.692. The Morgan fingerprint density at radius 2 is 1.46 bits per heavy atom. The molecule has 5 heteroatoms. The number of nitrogens with one attached hydrogen (secondary N) is 3. The molecule has 0 spiro atoms. The van der Waals surface area contributed by atoms with E-state index in [0.29, 0.717) is 13.0 Å². The maximum atomic E-state index is 13.1. The first kappa shape index (κ1) is 20.1. The van der Waals surface area contributed by atoms with E-state index in [4.69, 9.17) is 0 Å². The second-order valence-corrected chi connectivity index (χ2v) is 7.69. The van der Waals surface area contributed by atoms with Gasteiger partial charge in [-0.1, -0.05) is 60.7 Å². The zero-order valence-electron chi connectivity index (χ0n) is 16.6. The summed E-state index contributed by atoms with van der Waals surface area (Å²) in [5.74, 6) is -0.154. The van der Waals surface area contributed by atoms with E-state index >= 15 is 0 Å². The third kappa shape index (κ3) is 4.78. The van der Waals surface area contributed by atoms with Gasteiger partial charge in [0.15, 0.2) is 0 Å². The monoisotopic (exact) mass is 379 g/mol. The van der Waals surface area contributed by atoms with Gasteiger partial charge in [-0.05, 0) is 37.9 Å². The Kier molecular flexibility index (Phi) is 6.47. The first-order valence-electron chi connectivity index (χ1n) is 9.91. The molecule has 0 aromatic heterocycles. The van der Waals surface area contributed by atoms with Crippen molar-refractivity contribution in [2.24, 2.45) is 5.41 Å². The van der Waals surface area contributed by atoms with Crippen molar-refractivity contribution in [2.75, 3.05) is 13.1 Å². The van der Waals surface area contributed by atoms with Crippen molar-refractivity contribution in [1.29, 1.82) is 0 Å². The van der Waals surface area contributed by atoms with Gasteiger partial charge in [0.25, 0.3) is 0 Å². The smallest absolute Gasteiger partial charge is 0.228 e. The molecule has 1 fully saturated rings. The lowest BCUT2D eigenvalue weighted by Crippen LogP contribution is -2.46. The highest BCUT2D eigenvalue weighted by Gasteiger charge is 2.43. The summed E-state index contributed by atoms with van der Waals surface area (Å²) in [5.41, 5.74) is 1.40. The summed E-state index contributed by atoms with van der Waals surface area (Å²) in [6, 6.07) is 19.5. The van der Waals surface area contributed by atoms with Crippen molar-refractivity contribution in [3.05, 3.63) is 71.8 Å². The molecule has 3 atom stereocenters. The van der Waals surface area contributed by atoms with E-state index in [9.17, 15) is 9.59 Å². The highest BCUT2D eigenvalue weighted by Crippen LogP contribution is 2.31. The van der Waals surface area contributed by atoms with Gasteiger partial charge in [0.05, 0.1) is 17.5 Å². The summed E-state index contributed by atoms with van der Waals surface area (Å²) in [4.78, 5) is 25.8. The van der Waals surface area contributed by atoms with Crippen LogP contribution in [0.25, 0.3) is 0 Å². The number of benzene rings is 2. The van der Waals surface area contributed by atoms with Crippen molar-refractivity contribution < 1.29 is 9.59 Å². The fourth-order valence-corrected chi connectivity index (χ4v) is 3.77. The van der Waals surface area contributed by atoms with Gasteiger partial charge < -0.3 is 16.0 Å². The number of carbonyl (C=O) groups is 2. The largest absolute Gasteiger partial charge is 0.350 e. The first-order chi connectivity index (χ1) is 13.5. The number of carbonyl (C=O) groups excluding carboxylic acids is 2. The molecule has 148 valence electrons. The lowest BCUT2D eigenvalue weighted by Gasteiger charge is -2.29. The minimum atomic E-state index is -0.705. The second kappa shape index (κ2) is 9.02. The van der Waals surface area contributed by atoms with Crippen molar-refractivity contribution in [1.82, 2.24) is 16.0 Å². The molecule has 0 saturated carbocycles. The Balaban J connectivity index is 1.64. The molecule has 3 rings (SSSR count). The molecule has 0 radical (unpaired) electrons.